The first kappa shape index (κ1) is 11.5. The van der Waals surface area contributed by atoms with Crippen LogP contribution in [0.5, 0.6) is 5.75 Å². The van der Waals surface area contributed by atoms with E-state index in [9.17, 15) is 9.50 Å². The Kier molecular flexibility index (Phi) is 2.33. The van der Waals surface area contributed by atoms with Gasteiger partial charge in [-0.15, -0.1) is 0 Å². The van der Waals surface area contributed by atoms with Crippen molar-refractivity contribution in [3.8, 4) is 17.1 Å². The van der Waals surface area contributed by atoms with Gasteiger partial charge < -0.3 is 9.67 Å². The molecular formula is C16H13FN2O. The second-order valence-electron chi connectivity index (χ2n) is 5.19. The lowest BCUT2D eigenvalue weighted by molar-refractivity contribution is 0.475. The van der Waals surface area contributed by atoms with Crippen molar-refractivity contribution in [3.63, 3.8) is 0 Å². The Balaban J connectivity index is 2.00. The van der Waals surface area contributed by atoms with Gasteiger partial charge in [0.05, 0.1) is 5.52 Å². The lowest BCUT2D eigenvalue weighted by atomic mass is 10.2. The number of aromatic nitrogens is 2. The second kappa shape index (κ2) is 4.07. The summed E-state index contributed by atoms with van der Waals surface area (Å²) >= 11 is 0. The number of phenolic OH excluding ortho intramolecular Hbond substituents is 1. The zero-order valence-corrected chi connectivity index (χ0v) is 10.8. The molecule has 0 unspecified atom stereocenters. The summed E-state index contributed by atoms with van der Waals surface area (Å²) < 4.78 is 16.0. The van der Waals surface area contributed by atoms with E-state index < -0.39 is 0 Å². The molecule has 0 aliphatic heterocycles. The van der Waals surface area contributed by atoms with Crippen molar-refractivity contribution in [2.75, 3.05) is 0 Å². The van der Waals surface area contributed by atoms with Crippen LogP contribution in [0, 0.1) is 5.82 Å². The van der Waals surface area contributed by atoms with Crippen molar-refractivity contribution < 1.29 is 9.50 Å². The molecule has 1 fully saturated rings. The molecule has 1 saturated carbocycles. The van der Waals surface area contributed by atoms with Crippen LogP contribution in [0.25, 0.3) is 22.4 Å². The van der Waals surface area contributed by atoms with E-state index in [4.69, 9.17) is 0 Å². The number of benzene rings is 2. The van der Waals surface area contributed by atoms with Gasteiger partial charge in [-0.25, -0.2) is 9.37 Å². The minimum absolute atomic E-state index is 0.217. The molecule has 0 atom stereocenters. The molecule has 1 heterocycles. The van der Waals surface area contributed by atoms with Gasteiger partial charge in [0.25, 0.3) is 0 Å². The molecule has 4 rings (SSSR count). The highest BCUT2D eigenvalue weighted by molar-refractivity contribution is 5.81. The summed E-state index contributed by atoms with van der Waals surface area (Å²) in [5.74, 6) is 0.698. The average molecular weight is 268 g/mol. The molecule has 1 N–H and O–H groups in total. The van der Waals surface area contributed by atoms with Crippen LogP contribution < -0.4 is 0 Å². The van der Waals surface area contributed by atoms with E-state index in [1.54, 1.807) is 18.2 Å². The fourth-order valence-corrected chi connectivity index (χ4v) is 2.60. The van der Waals surface area contributed by atoms with Crippen molar-refractivity contribution in [2.24, 2.45) is 0 Å². The standard InChI is InChI=1S/C16H13FN2O/c17-13-2-1-3-14-15(13)18-16(19(14)11-6-7-11)10-4-8-12(20)9-5-10/h1-5,8-9,11,20H,6-7H2. The van der Waals surface area contributed by atoms with Crippen molar-refractivity contribution in [1.29, 1.82) is 0 Å². The van der Waals surface area contributed by atoms with E-state index in [1.165, 1.54) is 6.07 Å². The summed E-state index contributed by atoms with van der Waals surface area (Å²) in [5, 5.41) is 9.39. The minimum Gasteiger partial charge on any atom is -0.508 e. The van der Waals surface area contributed by atoms with E-state index >= 15 is 0 Å². The van der Waals surface area contributed by atoms with E-state index in [-0.39, 0.29) is 11.6 Å². The number of hydrogen-bond acceptors (Lipinski definition) is 2. The first-order chi connectivity index (χ1) is 9.74. The third kappa shape index (κ3) is 1.68. The fourth-order valence-electron chi connectivity index (χ4n) is 2.60. The molecule has 0 amide bonds. The summed E-state index contributed by atoms with van der Waals surface area (Å²) in [6.45, 7) is 0. The Bertz CT molecular complexity index is 788. The summed E-state index contributed by atoms with van der Waals surface area (Å²) in [6.07, 6.45) is 2.21. The highest BCUT2D eigenvalue weighted by Gasteiger charge is 2.29. The minimum atomic E-state index is -0.290. The molecule has 0 spiro atoms. The van der Waals surface area contributed by atoms with Gasteiger partial charge >= 0.3 is 0 Å². The van der Waals surface area contributed by atoms with Gasteiger partial charge in [0.1, 0.15) is 17.1 Å². The number of nitrogens with zero attached hydrogens (tertiary/aromatic N) is 2. The third-order valence-corrected chi connectivity index (χ3v) is 3.71. The Labute approximate surface area is 115 Å². The van der Waals surface area contributed by atoms with Gasteiger partial charge in [0.2, 0.25) is 0 Å². The zero-order valence-electron chi connectivity index (χ0n) is 10.8. The Morgan fingerprint density at radius 3 is 2.55 bits per heavy atom. The van der Waals surface area contributed by atoms with Gasteiger partial charge in [0.15, 0.2) is 5.82 Å². The highest BCUT2D eigenvalue weighted by Crippen LogP contribution is 2.41. The molecular weight excluding hydrogens is 255 g/mol. The summed E-state index contributed by atoms with van der Waals surface area (Å²) in [7, 11) is 0. The van der Waals surface area contributed by atoms with E-state index in [1.807, 2.05) is 18.2 Å². The molecule has 1 aliphatic rings. The third-order valence-electron chi connectivity index (χ3n) is 3.71. The van der Waals surface area contributed by atoms with Crippen LogP contribution in [0.4, 0.5) is 4.39 Å². The van der Waals surface area contributed by atoms with Crippen LogP contribution in [0.2, 0.25) is 0 Å². The van der Waals surface area contributed by atoms with Gasteiger partial charge in [-0.3, -0.25) is 0 Å². The van der Waals surface area contributed by atoms with Crippen LogP contribution in [-0.2, 0) is 0 Å². The maximum Gasteiger partial charge on any atom is 0.151 e. The largest absolute Gasteiger partial charge is 0.508 e. The number of fused-ring (bicyclic) bond motifs is 1. The monoisotopic (exact) mass is 268 g/mol. The molecule has 4 heteroatoms. The quantitative estimate of drug-likeness (QED) is 0.765. The maximum atomic E-state index is 13.9. The first-order valence-electron chi connectivity index (χ1n) is 6.70. The van der Waals surface area contributed by atoms with Crippen LogP contribution in [0.1, 0.15) is 18.9 Å². The Morgan fingerprint density at radius 1 is 1.10 bits per heavy atom. The Hall–Kier alpha value is -2.36. The maximum absolute atomic E-state index is 13.9. The number of rotatable bonds is 2. The van der Waals surface area contributed by atoms with E-state index in [2.05, 4.69) is 9.55 Å². The fraction of sp³-hybridized carbons (Fsp3) is 0.188. The van der Waals surface area contributed by atoms with Crippen LogP contribution in [-0.4, -0.2) is 14.7 Å². The predicted molar refractivity (Wildman–Crippen MR) is 75.1 cm³/mol. The molecule has 1 aromatic heterocycles. The number of halogens is 1. The van der Waals surface area contributed by atoms with Crippen LogP contribution in [0.3, 0.4) is 0 Å². The smallest absolute Gasteiger partial charge is 0.151 e. The summed E-state index contributed by atoms with van der Waals surface area (Å²) in [5.41, 5.74) is 2.16. The topological polar surface area (TPSA) is 38.1 Å². The molecule has 3 aromatic rings. The van der Waals surface area contributed by atoms with E-state index in [0.717, 1.165) is 29.7 Å². The SMILES string of the molecule is Oc1ccc(-c2nc3c(F)cccc3n2C2CC2)cc1. The summed E-state index contributed by atoms with van der Waals surface area (Å²) in [4.78, 5) is 4.48. The second-order valence-corrected chi connectivity index (χ2v) is 5.19. The molecule has 0 saturated heterocycles. The molecule has 20 heavy (non-hydrogen) atoms. The predicted octanol–water partition coefficient (Wildman–Crippen LogP) is 3.88. The zero-order chi connectivity index (χ0) is 13.7. The molecule has 3 nitrogen and oxygen atoms in total. The first-order valence-corrected chi connectivity index (χ1v) is 6.70. The van der Waals surface area contributed by atoms with Gasteiger partial charge in [0, 0.05) is 11.6 Å². The number of para-hydroxylation sites is 1. The molecule has 0 bridgehead atoms. The molecule has 2 aromatic carbocycles. The summed E-state index contributed by atoms with van der Waals surface area (Å²) in [6, 6.07) is 12.4. The lowest BCUT2D eigenvalue weighted by Crippen LogP contribution is -1.97. The van der Waals surface area contributed by atoms with Crippen LogP contribution >= 0.6 is 0 Å². The lowest BCUT2D eigenvalue weighted by Gasteiger charge is -2.07. The van der Waals surface area contributed by atoms with Gasteiger partial charge in [-0.2, -0.15) is 0 Å². The average Bonchev–Trinajstić information content (AvgIpc) is 3.21. The number of aromatic hydroxyl groups is 1. The molecule has 1 aliphatic carbocycles. The van der Waals surface area contributed by atoms with Crippen LogP contribution in [0.15, 0.2) is 42.5 Å². The van der Waals surface area contributed by atoms with Crippen molar-refractivity contribution in [3.05, 3.63) is 48.3 Å². The molecule has 0 radical (unpaired) electrons. The van der Waals surface area contributed by atoms with Gasteiger partial charge in [-0.1, -0.05) is 6.07 Å². The number of phenols is 1. The van der Waals surface area contributed by atoms with Crippen molar-refractivity contribution in [1.82, 2.24) is 9.55 Å². The number of hydrogen-bond donors (Lipinski definition) is 1. The highest BCUT2D eigenvalue weighted by atomic mass is 19.1. The van der Waals surface area contributed by atoms with E-state index in [0.29, 0.717) is 11.6 Å². The normalized spacial score (nSPS) is 14.8. The van der Waals surface area contributed by atoms with Crippen molar-refractivity contribution in [2.45, 2.75) is 18.9 Å². The van der Waals surface area contributed by atoms with Crippen molar-refractivity contribution >= 4 is 11.0 Å². The van der Waals surface area contributed by atoms with Gasteiger partial charge in [-0.05, 0) is 49.2 Å². The number of imidazole rings is 1. The Morgan fingerprint density at radius 2 is 1.85 bits per heavy atom. The molecule has 100 valence electrons.